The molecule has 0 spiro atoms. The highest BCUT2D eigenvalue weighted by Gasteiger charge is 2.38. The Labute approximate surface area is 90.6 Å². The first-order valence-electron chi connectivity index (χ1n) is 4.52. The highest BCUT2D eigenvalue weighted by atomic mass is 79.9. The predicted octanol–water partition coefficient (Wildman–Crippen LogP) is 2.85. The summed E-state index contributed by atoms with van der Waals surface area (Å²) in [7, 11) is 0. The molecule has 0 aliphatic carbocycles. The molecule has 0 aromatic carbocycles. The molecule has 1 aromatic rings. The van der Waals surface area contributed by atoms with Crippen molar-refractivity contribution >= 4 is 22.2 Å². The summed E-state index contributed by atoms with van der Waals surface area (Å²) in [5.41, 5.74) is -0.642. The molecule has 4 heteroatoms. The van der Waals surface area contributed by atoms with Crippen LogP contribution in [-0.4, -0.2) is 11.9 Å². The van der Waals surface area contributed by atoms with Crippen LogP contribution in [0.15, 0.2) is 21.2 Å². The van der Waals surface area contributed by atoms with Crippen molar-refractivity contribution in [2.75, 3.05) is 0 Å². The Morgan fingerprint density at radius 1 is 1.71 bits per heavy atom. The van der Waals surface area contributed by atoms with E-state index in [1.165, 1.54) is 0 Å². The fourth-order valence-electron chi connectivity index (χ4n) is 1.67. The average molecular weight is 259 g/mol. The fraction of sp³-hybridized carbons (Fsp3) is 0.500. The molecule has 2 atom stereocenters. The molecule has 1 saturated heterocycles. The minimum atomic E-state index is -0.642. The van der Waals surface area contributed by atoms with Gasteiger partial charge >= 0.3 is 0 Å². The van der Waals surface area contributed by atoms with Crippen LogP contribution in [0.2, 0.25) is 0 Å². The van der Waals surface area contributed by atoms with Gasteiger partial charge in [0.1, 0.15) is 17.5 Å². The van der Waals surface area contributed by atoms with Crippen molar-refractivity contribution in [1.82, 2.24) is 0 Å². The third kappa shape index (κ3) is 1.64. The second-order valence-electron chi connectivity index (χ2n) is 3.71. The van der Waals surface area contributed by atoms with Crippen LogP contribution in [-0.2, 0) is 9.53 Å². The quantitative estimate of drug-likeness (QED) is 0.766. The molecule has 0 bridgehead atoms. The highest BCUT2D eigenvalue weighted by Crippen LogP contribution is 2.40. The Morgan fingerprint density at radius 2 is 2.50 bits per heavy atom. The zero-order chi connectivity index (χ0) is 10.2. The number of hydrogen-bond donors (Lipinski definition) is 0. The first-order valence-corrected chi connectivity index (χ1v) is 5.31. The SMILES string of the molecule is CC1(C=O)CCC(c2occc2Br)O1. The summed E-state index contributed by atoms with van der Waals surface area (Å²) in [6.45, 7) is 1.80. The Hall–Kier alpha value is -0.610. The molecule has 2 rings (SSSR count). The minimum Gasteiger partial charge on any atom is -0.465 e. The number of rotatable bonds is 2. The second kappa shape index (κ2) is 3.51. The third-order valence-corrected chi connectivity index (χ3v) is 3.16. The molecule has 1 aromatic heterocycles. The monoisotopic (exact) mass is 258 g/mol. The topological polar surface area (TPSA) is 39.4 Å². The van der Waals surface area contributed by atoms with Crippen molar-refractivity contribution in [2.45, 2.75) is 31.5 Å². The zero-order valence-electron chi connectivity index (χ0n) is 7.83. The first kappa shape index (κ1) is 9.93. The predicted molar refractivity (Wildman–Crippen MR) is 53.9 cm³/mol. The maximum atomic E-state index is 10.8. The van der Waals surface area contributed by atoms with Crippen molar-refractivity contribution < 1.29 is 13.9 Å². The van der Waals surface area contributed by atoms with E-state index in [1.807, 2.05) is 6.07 Å². The van der Waals surface area contributed by atoms with E-state index in [0.717, 1.165) is 29.4 Å². The Balaban J connectivity index is 2.17. The van der Waals surface area contributed by atoms with E-state index >= 15 is 0 Å². The maximum absolute atomic E-state index is 10.8. The molecule has 0 N–H and O–H groups in total. The van der Waals surface area contributed by atoms with Gasteiger partial charge in [0.05, 0.1) is 10.7 Å². The van der Waals surface area contributed by atoms with E-state index in [9.17, 15) is 4.79 Å². The van der Waals surface area contributed by atoms with Crippen LogP contribution in [0.25, 0.3) is 0 Å². The van der Waals surface area contributed by atoms with Crippen LogP contribution in [0.4, 0.5) is 0 Å². The molecule has 2 unspecified atom stereocenters. The normalized spacial score (nSPS) is 32.0. The van der Waals surface area contributed by atoms with Crippen LogP contribution in [0.3, 0.4) is 0 Å². The molecule has 14 heavy (non-hydrogen) atoms. The summed E-state index contributed by atoms with van der Waals surface area (Å²) in [6.07, 6.45) is 3.94. The van der Waals surface area contributed by atoms with Gasteiger partial charge in [-0.3, -0.25) is 0 Å². The molecule has 2 heterocycles. The second-order valence-corrected chi connectivity index (χ2v) is 4.56. The Bertz CT molecular complexity index is 347. The number of carbonyl (C=O) groups excluding carboxylic acids is 1. The molecule has 0 saturated carbocycles. The van der Waals surface area contributed by atoms with E-state index in [4.69, 9.17) is 9.15 Å². The van der Waals surface area contributed by atoms with Crippen LogP contribution in [0, 0.1) is 0 Å². The molecule has 0 radical (unpaired) electrons. The van der Waals surface area contributed by atoms with E-state index in [0.29, 0.717) is 0 Å². The van der Waals surface area contributed by atoms with Gasteiger partial charge in [-0.1, -0.05) is 0 Å². The van der Waals surface area contributed by atoms with E-state index in [1.54, 1.807) is 13.2 Å². The summed E-state index contributed by atoms with van der Waals surface area (Å²) in [4.78, 5) is 10.8. The fourth-order valence-corrected chi connectivity index (χ4v) is 2.12. The van der Waals surface area contributed by atoms with E-state index in [-0.39, 0.29) is 6.10 Å². The lowest BCUT2D eigenvalue weighted by molar-refractivity contribution is -0.128. The maximum Gasteiger partial charge on any atom is 0.151 e. The minimum absolute atomic E-state index is 0.102. The summed E-state index contributed by atoms with van der Waals surface area (Å²) in [6, 6.07) is 1.83. The summed E-state index contributed by atoms with van der Waals surface area (Å²) in [5.74, 6) is 0.774. The molecular weight excluding hydrogens is 248 g/mol. The molecular formula is C10H11BrO3. The Morgan fingerprint density at radius 3 is 3.00 bits per heavy atom. The highest BCUT2D eigenvalue weighted by molar-refractivity contribution is 9.10. The number of hydrogen-bond acceptors (Lipinski definition) is 3. The number of carbonyl (C=O) groups is 1. The van der Waals surface area contributed by atoms with Gasteiger partial charge in [-0.15, -0.1) is 0 Å². The van der Waals surface area contributed by atoms with Gasteiger partial charge in [-0.25, -0.2) is 0 Å². The van der Waals surface area contributed by atoms with Gasteiger partial charge in [0.15, 0.2) is 6.29 Å². The summed E-state index contributed by atoms with van der Waals surface area (Å²) < 4.78 is 11.8. The van der Waals surface area contributed by atoms with Crippen LogP contribution in [0.1, 0.15) is 31.6 Å². The molecule has 76 valence electrons. The first-order chi connectivity index (χ1) is 6.64. The largest absolute Gasteiger partial charge is 0.465 e. The van der Waals surface area contributed by atoms with E-state index < -0.39 is 5.60 Å². The van der Waals surface area contributed by atoms with Gasteiger partial charge in [0.2, 0.25) is 0 Å². The smallest absolute Gasteiger partial charge is 0.151 e. The van der Waals surface area contributed by atoms with Crippen molar-refractivity contribution in [3.8, 4) is 0 Å². The summed E-state index contributed by atoms with van der Waals surface area (Å²) >= 11 is 3.37. The number of halogens is 1. The lowest BCUT2D eigenvalue weighted by Crippen LogP contribution is -2.24. The Kier molecular flexibility index (Phi) is 2.49. The van der Waals surface area contributed by atoms with Gasteiger partial charge in [-0.05, 0) is 41.8 Å². The van der Waals surface area contributed by atoms with Crippen molar-refractivity contribution in [1.29, 1.82) is 0 Å². The number of furan rings is 1. The molecule has 1 aliphatic heterocycles. The van der Waals surface area contributed by atoms with Gasteiger partial charge < -0.3 is 13.9 Å². The number of ether oxygens (including phenoxy) is 1. The molecule has 0 amide bonds. The molecule has 1 fully saturated rings. The van der Waals surface area contributed by atoms with Crippen LogP contribution in [0.5, 0.6) is 0 Å². The van der Waals surface area contributed by atoms with Crippen LogP contribution < -0.4 is 0 Å². The third-order valence-electron chi connectivity index (χ3n) is 2.50. The standard InChI is InChI=1S/C10H11BrO3/c1-10(6-12)4-2-8(14-10)9-7(11)3-5-13-9/h3,5-6,8H,2,4H2,1H3. The van der Waals surface area contributed by atoms with Crippen molar-refractivity contribution in [2.24, 2.45) is 0 Å². The molecule has 1 aliphatic rings. The van der Waals surface area contributed by atoms with Gasteiger partial charge in [0.25, 0.3) is 0 Å². The van der Waals surface area contributed by atoms with Crippen molar-refractivity contribution in [3.63, 3.8) is 0 Å². The lowest BCUT2D eigenvalue weighted by Gasteiger charge is -2.16. The number of aldehydes is 1. The van der Waals surface area contributed by atoms with Crippen LogP contribution >= 0.6 is 15.9 Å². The van der Waals surface area contributed by atoms with Crippen molar-refractivity contribution in [3.05, 3.63) is 22.6 Å². The molecule has 3 nitrogen and oxygen atoms in total. The average Bonchev–Trinajstić information content (AvgIpc) is 2.73. The van der Waals surface area contributed by atoms with Gasteiger partial charge in [-0.2, -0.15) is 0 Å². The zero-order valence-corrected chi connectivity index (χ0v) is 9.41. The lowest BCUT2D eigenvalue weighted by atomic mass is 10.0. The van der Waals surface area contributed by atoms with Gasteiger partial charge in [0, 0.05) is 0 Å². The summed E-state index contributed by atoms with van der Waals surface area (Å²) in [5, 5.41) is 0. The van der Waals surface area contributed by atoms with E-state index in [2.05, 4.69) is 15.9 Å².